The van der Waals surface area contributed by atoms with Crippen LogP contribution in [0, 0.1) is 0 Å². The van der Waals surface area contributed by atoms with E-state index in [9.17, 15) is 9.59 Å². The van der Waals surface area contributed by atoms with Crippen LogP contribution in [0.1, 0.15) is 36.7 Å². The van der Waals surface area contributed by atoms with Crippen molar-refractivity contribution in [1.82, 2.24) is 35.5 Å². The fourth-order valence-electron chi connectivity index (χ4n) is 4.25. The number of benzene rings is 2. The van der Waals surface area contributed by atoms with E-state index in [1.54, 1.807) is 42.6 Å². The third-order valence-corrected chi connectivity index (χ3v) is 6.48. The Kier molecular flexibility index (Phi) is 8.70. The van der Waals surface area contributed by atoms with Gasteiger partial charge in [0.05, 0.1) is 31.1 Å². The number of halogens is 1. The molecule has 2 bridgehead atoms. The molecule has 0 spiro atoms. The molecule has 1 atom stereocenters. The number of carbonyl (C=O) groups is 2. The highest BCUT2D eigenvalue weighted by atomic mass is 35.5. The molecule has 1 unspecified atom stereocenters. The van der Waals surface area contributed by atoms with E-state index in [0.717, 1.165) is 18.4 Å². The first-order chi connectivity index (χ1) is 20.0. The Balaban J connectivity index is 1.38. The fraction of sp³-hybridized carbons (Fsp3) is 0.214. The molecule has 1 aliphatic rings. The second-order valence-electron chi connectivity index (χ2n) is 9.05. The summed E-state index contributed by atoms with van der Waals surface area (Å²) < 4.78 is 12.2. The molecule has 12 nitrogen and oxygen atoms in total. The Bertz CT molecular complexity index is 1580. The van der Waals surface area contributed by atoms with E-state index in [-0.39, 0.29) is 5.91 Å². The number of hydrogen-bond acceptors (Lipinski definition) is 8. The number of methoxy groups -OCH3 is 1. The van der Waals surface area contributed by atoms with Crippen LogP contribution in [0.4, 0.5) is 10.5 Å². The van der Waals surface area contributed by atoms with Crippen molar-refractivity contribution < 1.29 is 19.1 Å². The van der Waals surface area contributed by atoms with Gasteiger partial charge >= 0.3 is 6.09 Å². The van der Waals surface area contributed by atoms with Crippen molar-refractivity contribution in [3.05, 3.63) is 83.6 Å². The smallest absolute Gasteiger partial charge is 0.411 e. The molecule has 0 saturated heterocycles. The van der Waals surface area contributed by atoms with Gasteiger partial charge in [-0.1, -0.05) is 23.8 Å². The molecular weight excluding hydrogens is 548 g/mol. The molecule has 1 aliphatic heterocycles. The molecule has 3 heterocycles. The number of ether oxygens (including phenoxy) is 2. The van der Waals surface area contributed by atoms with Gasteiger partial charge in [-0.05, 0) is 66.1 Å². The highest BCUT2D eigenvalue weighted by Gasteiger charge is 2.19. The van der Waals surface area contributed by atoms with Crippen molar-refractivity contribution in [1.29, 1.82) is 0 Å². The molecule has 0 saturated carbocycles. The van der Waals surface area contributed by atoms with Gasteiger partial charge in [0.25, 0.3) is 0 Å². The molecule has 0 radical (unpaired) electrons. The number of hydrogen-bond donors (Lipinski definition) is 3. The molecule has 3 N–H and O–H groups in total. The van der Waals surface area contributed by atoms with Crippen LogP contribution in [0.3, 0.4) is 0 Å². The largest absolute Gasteiger partial charge is 0.493 e. The third-order valence-electron chi connectivity index (χ3n) is 6.24. The molecule has 2 aromatic carbocycles. The number of anilines is 1. The topological polar surface area (TPSA) is 149 Å². The molecule has 0 aliphatic carbocycles. The summed E-state index contributed by atoms with van der Waals surface area (Å²) in [5.74, 6) is 0.852. The zero-order chi connectivity index (χ0) is 28.6. The fourth-order valence-corrected chi connectivity index (χ4v) is 4.43. The highest BCUT2D eigenvalue weighted by molar-refractivity contribution is 6.30. The summed E-state index contributed by atoms with van der Waals surface area (Å²) in [5.41, 5.74) is 3.27. The average molecular weight is 575 g/mol. The van der Waals surface area contributed by atoms with Gasteiger partial charge < -0.3 is 19.8 Å². The molecule has 2 aromatic heterocycles. The summed E-state index contributed by atoms with van der Waals surface area (Å²) in [6.45, 7) is 0.484. The Morgan fingerprint density at radius 2 is 2.12 bits per heavy atom. The van der Waals surface area contributed by atoms with Crippen molar-refractivity contribution in [3.63, 3.8) is 0 Å². The molecule has 0 fully saturated rings. The highest BCUT2D eigenvalue weighted by Crippen LogP contribution is 2.33. The van der Waals surface area contributed by atoms with Crippen LogP contribution < -0.4 is 15.4 Å². The van der Waals surface area contributed by atoms with Gasteiger partial charge in [0.15, 0.2) is 0 Å². The Labute approximate surface area is 240 Å². The number of imidazole rings is 1. The van der Waals surface area contributed by atoms with E-state index in [1.807, 2.05) is 12.1 Å². The first kappa shape index (κ1) is 27.6. The van der Waals surface area contributed by atoms with Crippen molar-refractivity contribution in [2.24, 2.45) is 0 Å². The maximum atomic E-state index is 13.1. The first-order valence-electron chi connectivity index (χ1n) is 12.8. The number of aromatic nitrogens is 6. The standard InChI is InChI=1S/C28H27ClN8O4/c1-40-28(39)32-20-9-10-21-23-16-30-27(34-23)22(6-4-2-3-5-13-41-25(21)15-20)33-26(38)12-7-18-14-19(29)8-11-24(18)37-17-31-35-36-37/h2,4,7-12,14-17,22H,3,5-6,13H2,1H3,(H,30,34)(H,32,39)(H,33,38). The van der Waals surface area contributed by atoms with Gasteiger partial charge in [-0.15, -0.1) is 5.10 Å². The number of amides is 2. The lowest BCUT2D eigenvalue weighted by atomic mass is 10.1. The second-order valence-corrected chi connectivity index (χ2v) is 9.48. The number of allylic oxidation sites excluding steroid dienone is 1. The summed E-state index contributed by atoms with van der Waals surface area (Å²) in [6.07, 6.45) is 12.0. The predicted molar refractivity (Wildman–Crippen MR) is 153 cm³/mol. The van der Waals surface area contributed by atoms with Crippen LogP contribution in [-0.2, 0) is 9.53 Å². The van der Waals surface area contributed by atoms with Crippen LogP contribution in [0.15, 0.2) is 67.2 Å². The van der Waals surface area contributed by atoms with Crippen LogP contribution in [0.2, 0.25) is 5.02 Å². The van der Waals surface area contributed by atoms with Gasteiger partial charge in [-0.25, -0.2) is 9.78 Å². The van der Waals surface area contributed by atoms with E-state index in [0.29, 0.717) is 52.3 Å². The second kappa shape index (κ2) is 12.9. The van der Waals surface area contributed by atoms with E-state index < -0.39 is 12.1 Å². The van der Waals surface area contributed by atoms with Crippen LogP contribution >= 0.6 is 11.6 Å². The molecule has 13 heteroatoms. The Hall–Kier alpha value is -4.97. The summed E-state index contributed by atoms with van der Waals surface area (Å²) in [7, 11) is 1.30. The number of rotatable bonds is 5. The van der Waals surface area contributed by atoms with E-state index in [4.69, 9.17) is 26.1 Å². The average Bonchev–Trinajstić information content (AvgIpc) is 3.68. The van der Waals surface area contributed by atoms with Gasteiger partial charge in [-0.3, -0.25) is 10.1 Å². The van der Waals surface area contributed by atoms with Gasteiger partial charge in [-0.2, -0.15) is 4.68 Å². The maximum Gasteiger partial charge on any atom is 0.411 e. The zero-order valence-corrected chi connectivity index (χ0v) is 22.8. The predicted octanol–water partition coefficient (Wildman–Crippen LogP) is 4.87. The Morgan fingerprint density at radius 1 is 1.22 bits per heavy atom. The number of fused-ring (bicyclic) bond motifs is 4. The first-order valence-corrected chi connectivity index (χ1v) is 13.2. The van der Waals surface area contributed by atoms with Gasteiger partial charge in [0.1, 0.15) is 17.9 Å². The molecule has 4 aromatic rings. The molecular formula is C28H27ClN8O4. The number of tetrazole rings is 1. The minimum Gasteiger partial charge on any atom is -0.493 e. The molecule has 41 heavy (non-hydrogen) atoms. The summed E-state index contributed by atoms with van der Waals surface area (Å²) in [5, 5.41) is 17.5. The normalized spacial score (nSPS) is 15.1. The van der Waals surface area contributed by atoms with Crippen molar-refractivity contribution in [3.8, 4) is 22.7 Å². The van der Waals surface area contributed by atoms with Crippen LogP contribution in [-0.4, -0.2) is 55.9 Å². The van der Waals surface area contributed by atoms with Gasteiger partial charge in [0.2, 0.25) is 5.91 Å². The number of H-pyrrole nitrogens is 1. The van der Waals surface area contributed by atoms with Crippen molar-refractivity contribution in [2.75, 3.05) is 19.0 Å². The monoisotopic (exact) mass is 574 g/mol. The Morgan fingerprint density at radius 3 is 2.95 bits per heavy atom. The quantitative estimate of drug-likeness (QED) is 0.226. The number of nitrogens with zero attached hydrogens (tertiary/aromatic N) is 5. The number of nitrogens with one attached hydrogen (secondary N) is 3. The SMILES string of the molecule is COC(=O)Nc1ccc2c(c1)OCCCC=CCC(NC(=O)C=Cc1cc(Cl)ccc1-n1cnnn1)c1nc-2c[nH]1. The summed E-state index contributed by atoms with van der Waals surface area (Å²) >= 11 is 6.20. The molecule has 2 amide bonds. The summed E-state index contributed by atoms with van der Waals surface area (Å²) in [6, 6.07) is 10.1. The van der Waals surface area contributed by atoms with E-state index in [1.165, 1.54) is 24.2 Å². The minimum atomic E-state index is -0.573. The lowest BCUT2D eigenvalue weighted by Crippen LogP contribution is -2.27. The van der Waals surface area contributed by atoms with Crippen molar-refractivity contribution >= 4 is 35.4 Å². The third kappa shape index (κ3) is 6.97. The lowest BCUT2D eigenvalue weighted by molar-refractivity contribution is -0.117. The van der Waals surface area contributed by atoms with Crippen LogP contribution in [0.25, 0.3) is 23.0 Å². The number of aromatic amines is 1. The van der Waals surface area contributed by atoms with E-state index in [2.05, 4.69) is 37.2 Å². The van der Waals surface area contributed by atoms with Crippen molar-refractivity contribution in [2.45, 2.75) is 25.3 Å². The van der Waals surface area contributed by atoms with Gasteiger partial charge in [0, 0.05) is 40.2 Å². The van der Waals surface area contributed by atoms with E-state index >= 15 is 0 Å². The number of carbonyl (C=O) groups excluding carboxylic acids is 2. The van der Waals surface area contributed by atoms with Crippen LogP contribution in [0.5, 0.6) is 5.75 Å². The summed E-state index contributed by atoms with van der Waals surface area (Å²) in [4.78, 5) is 32.7. The minimum absolute atomic E-state index is 0.310. The zero-order valence-electron chi connectivity index (χ0n) is 22.1. The lowest BCUT2D eigenvalue weighted by Gasteiger charge is -2.14. The maximum absolute atomic E-state index is 13.1. The molecule has 210 valence electrons. The molecule has 5 rings (SSSR count).